The van der Waals surface area contributed by atoms with Crippen molar-refractivity contribution in [1.82, 2.24) is 14.8 Å². The zero-order valence-electron chi connectivity index (χ0n) is 11.3. The lowest BCUT2D eigenvalue weighted by molar-refractivity contribution is 0.135. The Hall–Kier alpha value is -2.30. The summed E-state index contributed by atoms with van der Waals surface area (Å²) in [5, 5.41) is 7.62. The Balaban J connectivity index is 1.64. The number of para-hydroxylation sites is 1. The standard InChI is InChI=1S/C15H18N4O/c1-2-7-15(17-9-14-6-3-4-8-20-14)13(5-1)10-19-12-16-11-18-19/h1-2,4-5,7-8,11-12,14,17H,3,6,9-10H2/t14-/m0/s1. The largest absolute Gasteiger partial charge is 0.497 e. The number of ether oxygens (including phenoxy) is 1. The van der Waals surface area contributed by atoms with Gasteiger partial charge in [0.05, 0.1) is 19.4 Å². The summed E-state index contributed by atoms with van der Waals surface area (Å²) in [6.07, 6.45) is 9.55. The molecule has 0 saturated heterocycles. The first-order chi connectivity index (χ1) is 9.92. The van der Waals surface area contributed by atoms with Gasteiger partial charge in [-0.15, -0.1) is 0 Å². The third kappa shape index (κ3) is 3.17. The second-order valence-electron chi connectivity index (χ2n) is 4.84. The highest BCUT2D eigenvalue weighted by Crippen LogP contribution is 2.17. The van der Waals surface area contributed by atoms with E-state index in [0.29, 0.717) is 6.54 Å². The number of hydrogen-bond donors (Lipinski definition) is 1. The summed E-state index contributed by atoms with van der Waals surface area (Å²) in [5.74, 6) is 0. The maximum absolute atomic E-state index is 5.57. The summed E-state index contributed by atoms with van der Waals surface area (Å²) in [6.45, 7) is 1.54. The number of allylic oxidation sites excluding steroid dienone is 1. The molecular formula is C15H18N4O. The van der Waals surface area contributed by atoms with Crippen molar-refractivity contribution in [2.75, 3.05) is 11.9 Å². The van der Waals surface area contributed by atoms with Crippen molar-refractivity contribution in [3.05, 3.63) is 54.8 Å². The molecule has 0 unspecified atom stereocenters. The topological polar surface area (TPSA) is 52.0 Å². The fourth-order valence-corrected chi connectivity index (χ4v) is 2.28. The fraction of sp³-hybridized carbons (Fsp3) is 0.333. The molecule has 1 aromatic carbocycles. The summed E-state index contributed by atoms with van der Waals surface area (Å²) in [5.41, 5.74) is 2.32. The number of hydrogen-bond acceptors (Lipinski definition) is 4. The van der Waals surface area contributed by atoms with E-state index in [4.69, 9.17) is 4.74 Å². The maximum atomic E-state index is 5.57. The van der Waals surface area contributed by atoms with Gasteiger partial charge >= 0.3 is 0 Å². The summed E-state index contributed by atoms with van der Waals surface area (Å²) >= 11 is 0. The summed E-state index contributed by atoms with van der Waals surface area (Å²) < 4.78 is 7.39. The zero-order chi connectivity index (χ0) is 13.6. The highest BCUT2D eigenvalue weighted by Gasteiger charge is 2.11. The third-order valence-electron chi connectivity index (χ3n) is 3.36. The number of rotatable bonds is 5. The molecule has 0 radical (unpaired) electrons. The minimum Gasteiger partial charge on any atom is -0.497 e. The Morgan fingerprint density at radius 2 is 2.30 bits per heavy atom. The highest BCUT2D eigenvalue weighted by molar-refractivity contribution is 5.51. The Labute approximate surface area is 118 Å². The molecule has 0 fully saturated rings. The molecule has 20 heavy (non-hydrogen) atoms. The van der Waals surface area contributed by atoms with Crippen molar-refractivity contribution >= 4 is 5.69 Å². The number of nitrogens with one attached hydrogen (secondary N) is 1. The lowest BCUT2D eigenvalue weighted by Crippen LogP contribution is -2.23. The molecule has 1 aromatic heterocycles. The first-order valence-corrected chi connectivity index (χ1v) is 6.86. The van der Waals surface area contributed by atoms with Gasteiger partial charge < -0.3 is 10.1 Å². The smallest absolute Gasteiger partial charge is 0.137 e. The Bertz CT molecular complexity index is 565. The van der Waals surface area contributed by atoms with E-state index >= 15 is 0 Å². The van der Waals surface area contributed by atoms with Gasteiger partial charge in [-0.05, 0) is 30.5 Å². The summed E-state index contributed by atoms with van der Waals surface area (Å²) in [4.78, 5) is 3.97. The zero-order valence-corrected chi connectivity index (χ0v) is 11.3. The van der Waals surface area contributed by atoms with Crippen LogP contribution in [0.3, 0.4) is 0 Å². The Morgan fingerprint density at radius 1 is 1.35 bits per heavy atom. The van der Waals surface area contributed by atoms with E-state index in [-0.39, 0.29) is 6.10 Å². The van der Waals surface area contributed by atoms with Gasteiger partial charge in [0.2, 0.25) is 0 Å². The van der Waals surface area contributed by atoms with Crippen LogP contribution < -0.4 is 5.32 Å². The molecular weight excluding hydrogens is 252 g/mol. The molecule has 0 aliphatic carbocycles. The SMILES string of the molecule is C1=CO[C@H](CNc2ccccc2Cn2cncn2)CC1. The summed E-state index contributed by atoms with van der Waals surface area (Å²) in [7, 11) is 0. The van der Waals surface area contributed by atoms with E-state index in [1.807, 2.05) is 16.8 Å². The molecule has 1 aliphatic heterocycles. The van der Waals surface area contributed by atoms with Crippen LogP contribution in [-0.4, -0.2) is 27.4 Å². The molecule has 2 aromatic rings. The highest BCUT2D eigenvalue weighted by atomic mass is 16.5. The molecule has 3 rings (SSSR count). The Morgan fingerprint density at radius 3 is 3.10 bits per heavy atom. The van der Waals surface area contributed by atoms with E-state index in [2.05, 4.69) is 33.6 Å². The predicted molar refractivity (Wildman–Crippen MR) is 77.3 cm³/mol. The fourth-order valence-electron chi connectivity index (χ4n) is 2.28. The average molecular weight is 270 g/mol. The van der Waals surface area contributed by atoms with Crippen molar-refractivity contribution < 1.29 is 4.74 Å². The van der Waals surface area contributed by atoms with Crippen molar-refractivity contribution in [1.29, 1.82) is 0 Å². The van der Waals surface area contributed by atoms with E-state index in [1.54, 1.807) is 18.9 Å². The maximum Gasteiger partial charge on any atom is 0.137 e. The predicted octanol–water partition coefficient (Wildman–Crippen LogP) is 2.43. The number of nitrogens with zero attached hydrogens (tertiary/aromatic N) is 3. The third-order valence-corrected chi connectivity index (χ3v) is 3.36. The molecule has 0 saturated carbocycles. The van der Waals surface area contributed by atoms with Gasteiger partial charge in [0.15, 0.2) is 0 Å². The number of aromatic nitrogens is 3. The molecule has 0 bridgehead atoms. The second-order valence-corrected chi connectivity index (χ2v) is 4.84. The molecule has 5 heteroatoms. The van der Waals surface area contributed by atoms with Crippen LogP contribution in [0.15, 0.2) is 49.3 Å². The van der Waals surface area contributed by atoms with Gasteiger partial charge in [0, 0.05) is 5.69 Å². The van der Waals surface area contributed by atoms with E-state index < -0.39 is 0 Å². The van der Waals surface area contributed by atoms with Crippen LogP contribution in [-0.2, 0) is 11.3 Å². The minimum atomic E-state index is 0.249. The van der Waals surface area contributed by atoms with Gasteiger partial charge in [-0.25, -0.2) is 9.67 Å². The van der Waals surface area contributed by atoms with Crippen LogP contribution in [0, 0.1) is 0 Å². The lowest BCUT2D eigenvalue weighted by atomic mass is 10.1. The van der Waals surface area contributed by atoms with Gasteiger partial charge in [0.1, 0.15) is 18.8 Å². The molecule has 5 nitrogen and oxygen atoms in total. The molecule has 1 atom stereocenters. The van der Waals surface area contributed by atoms with Crippen LogP contribution in [0.25, 0.3) is 0 Å². The van der Waals surface area contributed by atoms with Gasteiger partial charge in [-0.2, -0.15) is 5.10 Å². The van der Waals surface area contributed by atoms with Crippen LogP contribution in [0.4, 0.5) is 5.69 Å². The Kier molecular flexibility index (Phi) is 3.96. The van der Waals surface area contributed by atoms with E-state index in [9.17, 15) is 0 Å². The average Bonchev–Trinajstić information content (AvgIpc) is 3.00. The quantitative estimate of drug-likeness (QED) is 0.906. The van der Waals surface area contributed by atoms with Crippen LogP contribution in [0.1, 0.15) is 18.4 Å². The molecule has 0 amide bonds. The first-order valence-electron chi connectivity index (χ1n) is 6.86. The molecule has 1 N–H and O–H groups in total. The van der Waals surface area contributed by atoms with Gasteiger partial charge in [-0.1, -0.05) is 18.2 Å². The monoisotopic (exact) mass is 270 g/mol. The van der Waals surface area contributed by atoms with Crippen molar-refractivity contribution in [3.63, 3.8) is 0 Å². The number of anilines is 1. The number of benzene rings is 1. The van der Waals surface area contributed by atoms with Crippen molar-refractivity contribution in [2.24, 2.45) is 0 Å². The first kappa shape index (κ1) is 12.7. The lowest BCUT2D eigenvalue weighted by Gasteiger charge is -2.21. The minimum absolute atomic E-state index is 0.249. The van der Waals surface area contributed by atoms with Crippen molar-refractivity contribution in [2.45, 2.75) is 25.5 Å². The molecule has 0 spiro atoms. The molecule has 1 aliphatic rings. The molecule has 2 heterocycles. The van der Waals surface area contributed by atoms with Crippen LogP contribution in [0.5, 0.6) is 0 Å². The van der Waals surface area contributed by atoms with Crippen LogP contribution >= 0.6 is 0 Å². The second kappa shape index (κ2) is 6.23. The van der Waals surface area contributed by atoms with E-state index in [0.717, 1.165) is 25.1 Å². The summed E-state index contributed by atoms with van der Waals surface area (Å²) in [6, 6.07) is 8.27. The van der Waals surface area contributed by atoms with Gasteiger partial charge in [-0.3, -0.25) is 0 Å². The van der Waals surface area contributed by atoms with E-state index in [1.165, 1.54) is 5.56 Å². The van der Waals surface area contributed by atoms with Crippen molar-refractivity contribution in [3.8, 4) is 0 Å². The van der Waals surface area contributed by atoms with Crippen LogP contribution in [0.2, 0.25) is 0 Å². The molecule has 104 valence electrons. The van der Waals surface area contributed by atoms with Gasteiger partial charge in [0.25, 0.3) is 0 Å². The normalized spacial score (nSPS) is 17.7.